The Bertz CT molecular complexity index is 700. The molecule has 0 bridgehead atoms. The second kappa shape index (κ2) is 6.01. The summed E-state index contributed by atoms with van der Waals surface area (Å²) in [4.78, 5) is 10.4. The van der Waals surface area contributed by atoms with E-state index in [1.165, 1.54) is 0 Å². The standard InChI is InChI=1S/C15H14ClNO4/c1-9-11(7-6-10-4-2-3-5-12(10)16)15(19)14(18)8-13(9)17(20)21/h2-5,8,18-19H,6-7H2,1H3. The third kappa shape index (κ3) is 3.08. The zero-order valence-electron chi connectivity index (χ0n) is 11.3. The first-order valence-electron chi connectivity index (χ1n) is 6.34. The fraction of sp³-hybridized carbons (Fsp3) is 0.200. The highest BCUT2D eigenvalue weighted by molar-refractivity contribution is 6.31. The van der Waals surface area contributed by atoms with Gasteiger partial charge in [0.25, 0.3) is 5.69 Å². The van der Waals surface area contributed by atoms with Gasteiger partial charge in [-0.15, -0.1) is 0 Å². The SMILES string of the molecule is Cc1c([N+](=O)[O-])cc(O)c(O)c1CCc1ccccc1Cl. The number of benzene rings is 2. The van der Waals surface area contributed by atoms with Gasteiger partial charge >= 0.3 is 0 Å². The molecule has 5 nitrogen and oxygen atoms in total. The van der Waals surface area contributed by atoms with Gasteiger partial charge in [0.15, 0.2) is 11.5 Å². The summed E-state index contributed by atoms with van der Waals surface area (Å²) >= 11 is 6.06. The Morgan fingerprint density at radius 3 is 2.52 bits per heavy atom. The molecule has 0 spiro atoms. The molecule has 6 heteroatoms. The zero-order valence-corrected chi connectivity index (χ0v) is 12.1. The van der Waals surface area contributed by atoms with Crippen LogP contribution in [0, 0.1) is 17.0 Å². The van der Waals surface area contributed by atoms with E-state index in [0.29, 0.717) is 29.0 Å². The monoisotopic (exact) mass is 307 g/mol. The molecule has 0 aromatic heterocycles. The molecule has 0 amide bonds. The number of hydrogen-bond donors (Lipinski definition) is 2. The van der Waals surface area contributed by atoms with Gasteiger partial charge in [-0.2, -0.15) is 0 Å². The van der Waals surface area contributed by atoms with E-state index in [1.54, 1.807) is 13.0 Å². The Labute approximate surface area is 126 Å². The fourth-order valence-electron chi connectivity index (χ4n) is 2.25. The lowest BCUT2D eigenvalue weighted by Gasteiger charge is -2.11. The molecule has 0 radical (unpaired) electrons. The Morgan fingerprint density at radius 2 is 1.90 bits per heavy atom. The molecule has 2 rings (SSSR count). The lowest BCUT2D eigenvalue weighted by atomic mass is 9.98. The lowest BCUT2D eigenvalue weighted by molar-refractivity contribution is -0.385. The smallest absolute Gasteiger partial charge is 0.276 e. The summed E-state index contributed by atoms with van der Waals surface area (Å²) in [6.07, 6.45) is 0.853. The van der Waals surface area contributed by atoms with Gasteiger partial charge in [0, 0.05) is 16.1 Å². The maximum absolute atomic E-state index is 11.0. The highest BCUT2D eigenvalue weighted by Gasteiger charge is 2.21. The molecule has 0 aliphatic carbocycles. The van der Waals surface area contributed by atoms with Crippen LogP contribution in [0.4, 0.5) is 5.69 Å². The van der Waals surface area contributed by atoms with Crippen LogP contribution in [0.3, 0.4) is 0 Å². The molecule has 0 fully saturated rings. The largest absolute Gasteiger partial charge is 0.504 e. The third-order valence-corrected chi connectivity index (χ3v) is 3.81. The first kappa shape index (κ1) is 15.1. The van der Waals surface area contributed by atoms with Gasteiger partial charge in [-0.3, -0.25) is 10.1 Å². The van der Waals surface area contributed by atoms with E-state index in [2.05, 4.69) is 0 Å². The summed E-state index contributed by atoms with van der Waals surface area (Å²) in [5, 5.41) is 31.1. The Morgan fingerprint density at radius 1 is 1.24 bits per heavy atom. The minimum absolute atomic E-state index is 0.209. The van der Waals surface area contributed by atoms with Crippen LogP contribution < -0.4 is 0 Å². The molecule has 0 saturated heterocycles. The van der Waals surface area contributed by atoms with Crippen molar-refractivity contribution in [2.45, 2.75) is 19.8 Å². The number of phenolic OH excluding ortho intramolecular Hbond substituents is 2. The quantitative estimate of drug-likeness (QED) is 0.512. The molecule has 2 N–H and O–H groups in total. The summed E-state index contributed by atoms with van der Waals surface area (Å²) in [6.45, 7) is 1.55. The number of aromatic hydroxyl groups is 2. The van der Waals surface area contributed by atoms with Crippen LogP contribution in [0.25, 0.3) is 0 Å². The van der Waals surface area contributed by atoms with Crippen LogP contribution in [-0.4, -0.2) is 15.1 Å². The number of hydrogen-bond acceptors (Lipinski definition) is 4. The van der Waals surface area contributed by atoms with Gasteiger partial charge in [-0.1, -0.05) is 29.8 Å². The normalized spacial score (nSPS) is 10.6. The number of nitrogens with zero attached hydrogens (tertiary/aromatic N) is 1. The highest BCUT2D eigenvalue weighted by Crippen LogP contribution is 2.38. The maximum atomic E-state index is 11.0. The van der Waals surface area contributed by atoms with Gasteiger partial charge in [0.05, 0.1) is 11.0 Å². The van der Waals surface area contributed by atoms with Gasteiger partial charge < -0.3 is 10.2 Å². The summed E-state index contributed by atoms with van der Waals surface area (Å²) in [5.41, 5.74) is 1.38. The number of rotatable bonds is 4. The highest BCUT2D eigenvalue weighted by atomic mass is 35.5. The van der Waals surface area contributed by atoms with Gasteiger partial charge in [-0.25, -0.2) is 0 Å². The van der Waals surface area contributed by atoms with Crippen molar-refractivity contribution in [3.63, 3.8) is 0 Å². The minimum Gasteiger partial charge on any atom is -0.504 e. The second-order valence-electron chi connectivity index (χ2n) is 4.72. The van der Waals surface area contributed by atoms with E-state index >= 15 is 0 Å². The first-order valence-corrected chi connectivity index (χ1v) is 6.71. The van der Waals surface area contributed by atoms with Crippen molar-refractivity contribution >= 4 is 17.3 Å². The molecule has 2 aromatic carbocycles. The summed E-state index contributed by atoms with van der Waals surface area (Å²) in [7, 11) is 0. The van der Waals surface area contributed by atoms with E-state index in [-0.39, 0.29) is 11.4 Å². The van der Waals surface area contributed by atoms with Crippen molar-refractivity contribution in [3.05, 3.63) is 62.2 Å². The number of aryl methyl sites for hydroxylation is 1. The van der Waals surface area contributed by atoms with Crippen LogP contribution >= 0.6 is 11.6 Å². The molecular formula is C15H14ClNO4. The average molecular weight is 308 g/mol. The van der Waals surface area contributed by atoms with Crippen LogP contribution in [0.2, 0.25) is 5.02 Å². The predicted molar refractivity (Wildman–Crippen MR) is 80.0 cm³/mol. The van der Waals surface area contributed by atoms with Crippen molar-refractivity contribution in [3.8, 4) is 11.5 Å². The van der Waals surface area contributed by atoms with Crippen LogP contribution in [0.1, 0.15) is 16.7 Å². The van der Waals surface area contributed by atoms with Crippen molar-refractivity contribution in [1.82, 2.24) is 0 Å². The van der Waals surface area contributed by atoms with E-state index in [9.17, 15) is 20.3 Å². The molecule has 21 heavy (non-hydrogen) atoms. The molecule has 0 heterocycles. The number of phenols is 2. The summed E-state index contributed by atoms with van der Waals surface area (Å²) in [5.74, 6) is -0.799. The molecule has 110 valence electrons. The van der Waals surface area contributed by atoms with E-state index in [0.717, 1.165) is 11.6 Å². The van der Waals surface area contributed by atoms with Crippen LogP contribution in [0.5, 0.6) is 11.5 Å². The van der Waals surface area contributed by atoms with Crippen molar-refractivity contribution in [2.24, 2.45) is 0 Å². The molecule has 0 aliphatic heterocycles. The van der Waals surface area contributed by atoms with Crippen molar-refractivity contribution < 1.29 is 15.1 Å². The van der Waals surface area contributed by atoms with Gasteiger partial charge in [-0.05, 0) is 31.4 Å². The van der Waals surface area contributed by atoms with E-state index in [4.69, 9.17) is 11.6 Å². The molecule has 0 atom stereocenters. The fourth-order valence-corrected chi connectivity index (χ4v) is 2.48. The zero-order chi connectivity index (χ0) is 15.6. The van der Waals surface area contributed by atoms with Gasteiger partial charge in [0.1, 0.15) is 0 Å². The maximum Gasteiger partial charge on any atom is 0.276 e. The predicted octanol–water partition coefficient (Wildman–Crippen LogP) is 3.75. The van der Waals surface area contributed by atoms with Crippen LogP contribution in [-0.2, 0) is 12.8 Å². The van der Waals surface area contributed by atoms with Gasteiger partial charge in [0.2, 0.25) is 0 Å². The molecule has 0 unspecified atom stereocenters. The number of nitro benzene ring substituents is 1. The van der Waals surface area contributed by atoms with E-state index < -0.39 is 10.7 Å². The van der Waals surface area contributed by atoms with Crippen molar-refractivity contribution in [2.75, 3.05) is 0 Å². The Balaban J connectivity index is 2.36. The van der Waals surface area contributed by atoms with Crippen molar-refractivity contribution in [1.29, 1.82) is 0 Å². The van der Waals surface area contributed by atoms with E-state index in [1.807, 2.05) is 18.2 Å². The number of halogens is 1. The first-order chi connectivity index (χ1) is 9.91. The molecule has 0 saturated carbocycles. The Hall–Kier alpha value is -2.27. The van der Waals surface area contributed by atoms with Crippen LogP contribution in [0.15, 0.2) is 30.3 Å². The molecule has 0 aliphatic rings. The summed E-state index contributed by atoms with van der Waals surface area (Å²) < 4.78 is 0. The second-order valence-corrected chi connectivity index (χ2v) is 5.12. The number of nitro groups is 1. The minimum atomic E-state index is -0.576. The average Bonchev–Trinajstić information content (AvgIpc) is 2.44. The third-order valence-electron chi connectivity index (χ3n) is 3.44. The topological polar surface area (TPSA) is 83.6 Å². The molecule has 2 aromatic rings. The lowest BCUT2D eigenvalue weighted by Crippen LogP contribution is -2.00. The summed E-state index contributed by atoms with van der Waals surface area (Å²) in [6, 6.07) is 8.23. The molecular weight excluding hydrogens is 294 g/mol. The Kier molecular flexibility index (Phi) is 4.33.